The van der Waals surface area contributed by atoms with Crippen molar-refractivity contribution in [2.24, 2.45) is 0 Å². The molecule has 0 unspecified atom stereocenters. The first kappa shape index (κ1) is 16.8. The molecule has 0 saturated heterocycles. The number of benzene rings is 1. The number of aromatic nitrogens is 1. The highest BCUT2D eigenvalue weighted by Crippen LogP contribution is 2.34. The SMILES string of the molecule is FC(F)(F)Oc1cccc(-c2cc(I)c(C(F)(F)F)cn2)c1. The van der Waals surface area contributed by atoms with E-state index in [0.29, 0.717) is 6.20 Å². The minimum Gasteiger partial charge on any atom is -0.406 e. The summed E-state index contributed by atoms with van der Waals surface area (Å²) in [4.78, 5) is 3.65. The number of halogens is 7. The molecule has 1 aromatic carbocycles. The smallest absolute Gasteiger partial charge is 0.406 e. The Morgan fingerprint density at radius 3 is 2.23 bits per heavy atom. The van der Waals surface area contributed by atoms with Crippen LogP contribution in [0.4, 0.5) is 26.3 Å². The Morgan fingerprint density at radius 2 is 1.68 bits per heavy atom. The second kappa shape index (κ2) is 5.94. The predicted molar refractivity (Wildman–Crippen MR) is 74.1 cm³/mol. The molecule has 0 N–H and O–H groups in total. The molecule has 22 heavy (non-hydrogen) atoms. The molecule has 0 aliphatic heterocycles. The molecule has 0 aliphatic rings. The molecule has 1 heterocycles. The molecule has 0 radical (unpaired) electrons. The van der Waals surface area contributed by atoms with E-state index in [2.05, 4.69) is 9.72 Å². The lowest BCUT2D eigenvalue weighted by Crippen LogP contribution is -2.17. The minimum atomic E-state index is -4.85. The van der Waals surface area contributed by atoms with Gasteiger partial charge in [-0.25, -0.2) is 0 Å². The first-order valence-electron chi connectivity index (χ1n) is 5.65. The topological polar surface area (TPSA) is 22.1 Å². The molecule has 118 valence electrons. The maximum atomic E-state index is 12.6. The predicted octanol–water partition coefficient (Wildman–Crippen LogP) is 5.27. The van der Waals surface area contributed by atoms with E-state index in [9.17, 15) is 26.3 Å². The molecule has 0 bridgehead atoms. The van der Waals surface area contributed by atoms with Gasteiger partial charge < -0.3 is 4.74 Å². The van der Waals surface area contributed by atoms with Crippen molar-refractivity contribution in [3.8, 4) is 17.0 Å². The van der Waals surface area contributed by atoms with Gasteiger partial charge in [0.1, 0.15) is 5.75 Å². The number of alkyl halides is 6. The minimum absolute atomic E-state index is 0.0998. The van der Waals surface area contributed by atoms with E-state index < -0.39 is 23.9 Å². The Morgan fingerprint density at radius 1 is 1.00 bits per heavy atom. The third-order valence-corrected chi connectivity index (χ3v) is 3.41. The third kappa shape index (κ3) is 4.24. The highest BCUT2D eigenvalue weighted by molar-refractivity contribution is 14.1. The molecule has 0 aliphatic carbocycles. The number of nitrogens with zero attached hydrogens (tertiary/aromatic N) is 1. The van der Waals surface area contributed by atoms with Gasteiger partial charge in [0, 0.05) is 15.3 Å². The monoisotopic (exact) mass is 433 g/mol. The Labute approximate surface area is 134 Å². The van der Waals surface area contributed by atoms with E-state index in [1.807, 2.05) is 0 Å². The largest absolute Gasteiger partial charge is 0.573 e. The number of pyridine rings is 1. The van der Waals surface area contributed by atoms with Crippen LogP contribution in [-0.2, 0) is 6.18 Å². The summed E-state index contributed by atoms with van der Waals surface area (Å²) in [5.74, 6) is -0.471. The lowest BCUT2D eigenvalue weighted by atomic mass is 10.1. The lowest BCUT2D eigenvalue weighted by molar-refractivity contribution is -0.274. The molecular weight excluding hydrogens is 427 g/mol. The summed E-state index contributed by atoms with van der Waals surface area (Å²) in [5.41, 5.74) is -0.571. The molecule has 0 fully saturated rings. The normalized spacial score (nSPS) is 12.3. The van der Waals surface area contributed by atoms with Crippen LogP contribution in [0.25, 0.3) is 11.3 Å². The molecular formula is C13H6F6INO. The average Bonchev–Trinajstić information content (AvgIpc) is 2.35. The second-order valence-corrected chi connectivity index (χ2v) is 5.28. The number of hydrogen-bond acceptors (Lipinski definition) is 2. The van der Waals surface area contributed by atoms with E-state index in [1.165, 1.54) is 34.7 Å². The number of rotatable bonds is 2. The summed E-state index contributed by atoms with van der Waals surface area (Å²) in [6.07, 6.45) is -8.74. The van der Waals surface area contributed by atoms with Crippen molar-refractivity contribution in [2.45, 2.75) is 12.5 Å². The molecule has 9 heteroatoms. The van der Waals surface area contributed by atoms with Crippen molar-refractivity contribution in [3.05, 3.63) is 45.7 Å². The van der Waals surface area contributed by atoms with Gasteiger partial charge in [0.15, 0.2) is 0 Å². The molecule has 1 aromatic heterocycles. The Bertz CT molecular complexity index is 683. The molecule has 0 atom stereocenters. The standard InChI is InChI=1S/C13H6F6INO/c14-12(15,16)9-6-21-11(5-10(9)20)7-2-1-3-8(4-7)22-13(17,18)19/h1-6H. The van der Waals surface area contributed by atoms with Crippen LogP contribution < -0.4 is 4.74 Å². The van der Waals surface area contributed by atoms with Crippen LogP contribution in [0.2, 0.25) is 0 Å². The van der Waals surface area contributed by atoms with Crippen LogP contribution in [0.15, 0.2) is 36.5 Å². The Balaban J connectivity index is 2.37. The summed E-state index contributed by atoms with van der Waals surface area (Å²) < 4.78 is 78.1. The van der Waals surface area contributed by atoms with E-state index in [4.69, 9.17) is 0 Å². The maximum absolute atomic E-state index is 12.6. The highest BCUT2D eigenvalue weighted by atomic mass is 127. The van der Waals surface area contributed by atoms with Gasteiger partial charge in [-0.2, -0.15) is 13.2 Å². The zero-order chi connectivity index (χ0) is 16.5. The van der Waals surface area contributed by atoms with Crippen LogP contribution in [0.3, 0.4) is 0 Å². The zero-order valence-electron chi connectivity index (χ0n) is 10.5. The van der Waals surface area contributed by atoms with Crippen molar-refractivity contribution in [1.29, 1.82) is 0 Å². The average molecular weight is 433 g/mol. The van der Waals surface area contributed by atoms with Crippen molar-refractivity contribution >= 4 is 22.6 Å². The summed E-state index contributed by atoms with van der Waals surface area (Å²) in [6, 6.07) is 6.01. The van der Waals surface area contributed by atoms with Gasteiger partial charge in [-0.3, -0.25) is 4.98 Å². The van der Waals surface area contributed by atoms with Crippen LogP contribution in [0.5, 0.6) is 5.75 Å². The zero-order valence-corrected chi connectivity index (χ0v) is 12.6. The van der Waals surface area contributed by atoms with Crippen LogP contribution in [0, 0.1) is 3.57 Å². The molecule has 0 spiro atoms. The fraction of sp³-hybridized carbons (Fsp3) is 0.154. The fourth-order valence-corrected chi connectivity index (χ4v) is 2.39. The maximum Gasteiger partial charge on any atom is 0.573 e. The van der Waals surface area contributed by atoms with Gasteiger partial charge in [0.25, 0.3) is 0 Å². The van der Waals surface area contributed by atoms with E-state index in [1.54, 1.807) is 0 Å². The van der Waals surface area contributed by atoms with Crippen molar-refractivity contribution < 1.29 is 31.1 Å². The third-order valence-electron chi connectivity index (χ3n) is 2.52. The molecule has 2 nitrogen and oxygen atoms in total. The molecule has 0 amide bonds. The molecule has 2 aromatic rings. The summed E-state index contributed by atoms with van der Waals surface area (Å²) in [7, 11) is 0. The Kier molecular flexibility index (Phi) is 4.54. The van der Waals surface area contributed by atoms with Gasteiger partial charge >= 0.3 is 12.5 Å². The quantitative estimate of drug-likeness (QED) is 0.476. The number of hydrogen-bond donors (Lipinski definition) is 0. The van der Waals surface area contributed by atoms with Crippen molar-refractivity contribution in [1.82, 2.24) is 4.98 Å². The molecule has 0 saturated carbocycles. The van der Waals surface area contributed by atoms with Gasteiger partial charge in [-0.15, -0.1) is 13.2 Å². The van der Waals surface area contributed by atoms with E-state index in [0.717, 1.165) is 18.2 Å². The van der Waals surface area contributed by atoms with Crippen molar-refractivity contribution in [2.75, 3.05) is 0 Å². The van der Waals surface area contributed by atoms with Crippen LogP contribution >= 0.6 is 22.6 Å². The highest BCUT2D eigenvalue weighted by Gasteiger charge is 2.34. The number of ether oxygens (including phenoxy) is 1. The van der Waals surface area contributed by atoms with Gasteiger partial charge in [-0.05, 0) is 40.8 Å². The second-order valence-electron chi connectivity index (χ2n) is 4.12. The summed E-state index contributed by atoms with van der Waals surface area (Å²) in [6.45, 7) is 0. The van der Waals surface area contributed by atoms with Crippen LogP contribution in [-0.4, -0.2) is 11.3 Å². The van der Waals surface area contributed by atoms with Gasteiger partial charge in [0.2, 0.25) is 0 Å². The lowest BCUT2D eigenvalue weighted by Gasteiger charge is -2.12. The summed E-state index contributed by atoms with van der Waals surface area (Å²) >= 11 is 1.50. The first-order valence-corrected chi connectivity index (χ1v) is 6.73. The van der Waals surface area contributed by atoms with E-state index >= 15 is 0 Å². The van der Waals surface area contributed by atoms with Crippen LogP contribution in [0.1, 0.15) is 5.56 Å². The first-order chi connectivity index (χ1) is 10.1. The fourth-order valence-electron chi connectivity index (χ4n) is 1.65. The van der Waals surface area contributed by atoms with Gasteiger partial charge in [0.05, 0.1) is 11.3 Å². The van der Waals surface area contributed by atoms with Gasteiger partial charge in [-0.1, -0.05) is 12.1 Å². The molecule has 2 rings (SSSR count). The van der Waals surface area contributed by atoms with E-state index in [-0.39, 0.29) is 14.8 Å². The summed E-state index contributed by atoms with van der Waals surface area (Å²) in [5, 5.41) is 0. The Hall–Kier alpha value is -1.52. The van der Waals surface area contributed by atoms with Crippen molar-refractivity contribution in [3.63, 3.8) is 0 Å².